The number of benzene rings is 1. The summed E-state index contributed by atoms with van der Waals surface area (Å²) in [7, 11) is 0. The highest BCUT2D eigenvalue weighted by Crippen LogP contribution is 2.38. The minimum Gasteiger partial charge on any atom is -0.383 e. The molecular formula is C22H22N8O. The number of amides is 1. The minimum atomic E-state index is -0.227. The van der Waals surface area contributed by atoms with Gasteiger partial charge in [-0.2, -0.15) is 5.10 Å². The van der Waals surface area contributed by atoms with Gasteiger partial charge in [0.2, 0.25) is 0 Å². The maximum absolute atomic E-state index is 12.6. The summed E-state index contributed by atoms with van der Waals surface area (Å²) in [6.45, 7) is 1.94. The van der Waals surface area contributed by atoms with Gasteiger partial charge >= 0.3 is 0 Å². The molecule has 5 rings (SSSR count). The Bertz CT molecular complexity index is 1280. The lowest BCUT2D eigenvalue weighted by Crippen LogP contribution is -2.38. The van der Waals surface area contributed by atoms with E-state index >= 15 is 0 Å². The van der Waals surface area contributed by atoms with Crippen molar-refractivity contribution in [3.8, 4) is 11.3 Å². The van der Waals surface area contributed by atoms with Gasteiger partial charge < -0.3 is 16.8 Å². The Hall–Kier alpha value is -3.85. The van der Waals surface area contributed by atoms with Crippen LogP contribution in [0.25, 0.3) is 22.3 Å². The van der Waals surface area contributed by atoms with E-state index in [4.69, 9.17) is 16.6 Å². The third-order valence-electron chi connectivity index (χ3n) is 5.66. The van der Waals surface area contributed by atoms with Gasteiger partial charge in [0.25, 0.3) is 5.91 Å². The van der Waals surface area contributed by atoms with Crippen molar-refractivity contribution in [2.45, 2.75) is 31.8 Å². The van der Waals surface area contributed by atoms with Crippen molar-refractivity contribution >= 4 is 28.6 Å². The molecule has 31 heavy (non-hydrogen) atoms. The number of aromatic nitrogens is 5. The molecule has 3 aromatic heterocycles. The highest BCUT2D eigenvalue weighted by Gasteiger charge is 2.31. The average Bonchev–Trinajstić information content (AvgIpc) is 3.12. The Morgan fingerprint density at radius 3 is 2.71 bits per heavy atom. The van der Waals surface area contributed by atoms with Gasteiger partial charge in [0.05, 0.1) is 11.4 Å². The van der Waals surface area contributed by atoms with E-state index in [-0.39, 0.29) is 18.0 Å². The first kappa shape index (κ1) is 19.1. The van der Waals surface area contributed by atoms with Crippen molar-refractivity contribution in [3.63, 3.8) is 0 Å². The third kappa shape index (κ3) is 3.38. The first-order chi connectivity index (χ1) is 15.0. The predicted octanol–water partition coefficient (Wildman–Crippen LogP) is 2.69. The fourth-order valence-electron chi connectivity index (χ4n) is 3.96. The highest BCUT2D eigenvalue weighted by molar-refractivity contribution is 6.05. The molecule has 156 valence electrons. The van der Waals surface area contributed by atoms with Gasteiger partial charge in [-0.1, -0.05) is 12.1 Å². The Kier molecular flexibility index (Phi) is 4.59. The molecule has 0 unspecified atom stereocenters. The summed E-state index contributed by atoms with van der Waals surface area (Å²) < 4.78 is 1.91. The summed E-state index contributed by atoms with van der Waals surface area (Å²) in [5, 5.41) is 8.37. The molecule has 1 amide bonds. The molecule has 1 aromatic carbocycles. The van der Waals surface area contributed by atoms with Crippen molar-refractivity contribution in [2.24, 2.45) is 5.73 Å². The molecule has 3 heterocycles. The lowest BCUT2D eigenvalue weighted by atomic mass is 9.88. The number of nitrogen functional groups attached to an aromatic ring is 1. The van der Waals surface area contributed by atoms with Crippen LogP contribution >= 0.6 is 0 Å². The zero-order valence-corrected chi connectivity index (χ0v) is 17.0. The summed E-state index contributed by atoms with van der Waals surface area (Å²) >= 11 is 0. The molecule has 1 aliphatic carbocycles. The van der Waals surface area contributed by atoms with Crippen molar-refractivity contribution in [1.29, 1.82) is 0 Å². The number of rotatable bonds is 4. The largest absolute Gasteiger partial charge is 0.383 e. The lowest BCUT2D eigenvalue weighted by molar-refractivity contribution is 0.102. The molecule has 5 N–H and O–H groups in total. The van der Waals surface area contributed by atoms with Gasteiger partial charge in [0.15, 0.2) is 5.65 Å². The number of pyridine rings is 1. The second-order valence-corrected chi connectivity index (χ2v) is 7.83. The number of aryl methyl sites for hydroxylation is 1. The summed E-state index contributed by atoms with van der Waals surface area (Å²) in [4.78, 5) is 25.4. The highest BCUT2D eigenvalue weighted by atomic mass is 16.1. The van der Waals surface area contributed by atoms with Gasteiger partial charge in [-0.05, 0) is 49.6 Å². The number of anilines is 2. The minimum absolute atomic E-state index is 0.186. The number of fused-ring (bicyclic) bond motifs is 1. The molecule has 0 saturated heterocycles. The number of hydrogen-bond acceptors (Lipinski definition) is 7. The van der Waals surface area contributed by atoms with Crippen LogP contribution < -0.4 is 16.8 Å². The van der Waals surface area contributed by atoms with Gasteiger partial charge in [-0.15, -0.1) is 0 Å². The second-order valence-electron chi connectivity index (χ2n) is 7.83. The van der Waals surface area contributed by atoms with E-state index in [1.54, 1.807) is 24.4 Å². The van der Waals surface area contributed by atoms with Crippen LogP contribution in [0.1, 0.15) is 34.8 Å². The summed E-state index contributed by atoms with van der Waals surface area (Å²) in [5.41, 5.74) is 15.9. The van der Waals surface area contributed by atoms with Crippen molar-refractivity contribution in [3.05, 3.63) is 60.0 Å². The van der Waals surface area contributed by atoms with E-state index in [1.165, 1.54) is 6.33 Å². The molecule has 1 aliphatic rings. The number of carbonyl (C=O) groups is 1. The summed E-state index contributed by atoms with van der Waals surface area (Å²) in [5.74, 6) is 0.656. The third-order valence-corrected chi connectivity index (χ3v) is 5.66. The predicted molar refractivity (Wildman–Crippen MR) is 118 cm³/mol. The molecule has 9 nitrogen and oxygen atoms in total. The Labute approximate surface area is 178 Å². The molecule has 0 radical (unpaired) electrons. The fourth-order valence-corrected chi connectivity index (χ4v) is 3.96. The van der Waals surface area contributed by atoms with Crippen LogP contribution in [-0.4, -0.2) is 36.7 Å². The van der Waals surface area contributed by atoms with E-state index < -0.39 is 0 Å². The quantitative estimate of drug-likeness (QED) is 0.467. The smallest absolute Gasteiger partial charge is 0.256 e. The van der Waals surface area contributed by atoms with E-state index in [2.05, 4.69) is 20.3 Å². The van der Waals surface area contributed by atoms with Crippen LogP contribution in [0.15, 0.2) is 48.9 Å². The van der Waals surface area contributed by atoms with Gasteiger partial charge in [0.1, 0.15) is 23.7 Å². The monoisotopic (exact) mass is 414 g/mol. The molecule has 4 aromatic rings. The van der Waals surface area contributed by atoms with E-state index in [0.29, 0.717) is 28.5 Å². The van der Waals surface area contributed by atoms with Crippen LogP contribution in [0.5, 0.6) is 0 Å². The van der Waals surface area contributed by atoms with E-state index in [9.17, 15) is 4.79 Å². The van der Waals surface area contributed by atoms with Crippen LogP contribution in [-0.2, 0) is 0 Å². The summed E-state index contributed by atoms with van der Waals surface area (Å²) in [6, 6.07) is 11.2. The molecule has 1 fully saturated rings. The molecule has 0 spiro atoms. The SMILES string of the molecule is Cc1cc(C(=O)Nc2ccccn2)ccc1-c1nn(C2CC(N)C2)c2ncnc(N)c12. The van der Waals surface area contributed by atoms with Crippen LogP contribution in [0.4, 0.5) is 11.6 Å². The van der Waals surface area contributed by atoms with Crippen molar-refractivity contribution in [2.75, 3.05) is 11.1 Å². The van der Waals surface area contributed by atoms with Crippen LogP contribution in [0.2, 0.25) is 0 Å². The lowest BCUT2D eigenvalue weighted by Gasteiger charge is -2.32. The molecule has 0 bridgehead atoms. The first-order valence-electron chi connectivity index (χ1n) is 10.1. The zero-order chi connectivity index (χ0) is 21.5. The van der Waals surface area contributed by atoms with Gasteiger partial charge in [-0.3, -0.25) is 4.79 Å². The molecular weight excluding hydrogens is 392 g/mol. The van der Waals surface area contributed by atoms with Crippen LogP contribution in [0, 0.1) is 6.92 Å². The van der Waals surface area contributed by atoms with Gasteiger partial charge in [0, 0.05) is 23.4 Å². The maximum atomic E-state index is 12.6. The topological polar surface area (TPSA) is 138 Å². The Balaban J connectivity index is 1.53. The molecule has 0 aliphatic heterocycles. The van der Waals surface area contributed by atoms with E-state index in [1.807, 2.05) is 29.8 Å². The average molecular weight is 414 g/mol. The Morgan fingerprint density at radius 2 is 2.00 bits per heavy atom. The van der Waals surface area contributed by atoms with Crippen molar-refractivity contribution < 1.29 is 4.79 Å². The van der Waals surface area contributed by atoms with E-state index in [0.717, 1.165) is 29.4 Å². The second kappa shape index (κ2) is 7.44. The normalized spacial score (nSPS) is 18.0. The standard InChI is InChI=1S/C22H22N8O/c1-12-8-13(22(31)28-17-4-2-3-7-25-17)5-6-16(12)19-18-20(24)26-11-27-21(18)30(29-19)15-9-14(23)10-15/h2-8,11,14-15H,9-10,23H2,1H3,(H2,24,26,27)(H,25,28,31). The fraction of sp³-hybridized carbons (Fsp3) is 0.227. The number of nitrogens with one attached hydrogen (secondary N) is 1. The maximum Gasteiger partial charge on any atom is 0.256 e. The molecule has 1 saturated carbocycles. The number of hydrogen-bond donors (Lipinski definition) is 3. The van der Waals surface area contributed by atoms with Gasteiger partial charge in [-0.25, -0.2) is 19.6 Å². The number of nitrogens with two attached hydrogens (primary N) is 2. The van der Waals surface area contributed by atoms with Crippen LogP contribution in [0.3, 0.4) is 0 Å². The molecule has 0 atom stereocenters. The Morgan fingerprint density at radius 1 is 1.16 bits per heavy atom. The summed E-state index contributed by atoms with van der Waals surface area (Å²) in [6.07, 6.45) is 4.79. The number of nitrogens with zero attached hydrogens (tertiary/aromatic N) is 5. The first-order valence-corrected chi connectivity index (χ1v) is 10.1. The molecule has 9 heteroatoms. The van der Waals surface area contributed by atoms with Crippen molar-refractivity contribution in [1.82, 2.24) is 24.7 Å². The number of carbonyl (C=O) groups excluding carboxylic acids is 1. The zero-order valence-electron chi connectivity index (χ0n) is 17.0.